The highest BCUT2D eigenvalue weighted by atomic mass is 32.1. The van der Waals surface area contributed by atoms with E-state index in [1.807, 2.05) is 37.3 Å². The second-order valence-electron chi connectivity index (χ2n) is 7.69. The molecule has 8 nitrogen and oxygen atoms in total. The van der Waals surface area contributed by atoms with E-state index < -0.39 is 12.0 Å². The number of allylic oxidation sites excluding steroid dienone is 1. The third-order valence-corrected chi connectivity index (χ3v) is 6.63. The summed E-state index contributed by atoms with van der Waals surface area (Å²) in [4.78, 5) is 31.5. The van der Waals surface area contributed by atoms with Gasteiger partial charge in [-0.3, -0.25) is 9.36 Å². The molecule has 9 heteroatoms. The standard InChI is InChI=1S/C26H26N2O6S/c1-6-34-19-12-7-16(13-20(19)32-4)14-21-24(29)28-23(17-8-10-18(31-3)11-9-17)22(25(30)33-5)15(2)27-26(28)35-21/h7-14,23H,6H2,1-5H3. The van der Waals surface area contributed by atoms with E-state index in [0.717, 1.165) is 11.1 Å². The van der Waals surface area contributed by atoms with Crippen LogP contribution in [0.1, 0.15) is 31.0 Å². The summed E-state index contributed by atoms with van der Waals surface area (Å²) >= 11 is 1.26. The zero-order chi connectivity index (χ0) is 25.1. The molecule has 35 heavy (non-hydrogen) atoms. The van der Waals surface area contributed by atoms with Crippen molar-refractivity contribution >= 4 is 23.4 Å². The number of hydrogen-bond acceptors (Lipinski definition) is 8. The Bertz CT molecular complexity index is 1470. The number of nitrogens with zero attached hydrogens (tertiary/aromatic N) is 2. The molecule has 4 rings (SSSR count). The van der Waals surface area contributed by atoms with Crippen molar-refractivity contribution < 1.29 is 23.7 Å². The first-order valence-corrected chi connectivity index (χ1v) is 11.8. The lowest BCUT2D eigenvalue weighted by Gasteiger charge is -2.24. The molecule has 1 atom stereocenters. The molecule has 1 unspecified atom stereocenters. The van der Waals surface area contributed by atoms with Gasteiger partial charge in [0, 0.05) is 0 Å². The second-order valence-corrected chi connectivity index (χ2v) is 8.70. The van der Waals surface area contributed by atoms with Crippen molar-refractivity contribution in [2.45, 2.75) is 19.9 Å². The van der Waals surface area contributed by atoms with Gasteiger partial charge in [0.2, 0.25) is 0 Å². The Labute approximate surface area is 206 Å². The first kappa shape index (κ1) is 24.3. The van der Waals surface area contributed by atoms with Crippen LogP contribution < -0.4 is 29.1 Å². The van der Waals surface area contributed by atoms with Gasteiger partial charge in [0.25, 0.3) is 5.56 Å². The van der Waals surface area contributed by atoms with Crippen molar-refractivity contribution in [1.29, 1.82) is 0 Å². The molecule has 1 aliphatic rings. The van der Waals surface area contributed by atoms with Crippen molar-refractivity contribution in [3.8, 4) is 17.2 Å². The third-order valence-electron chi connectivity index (χ3n) is 5.64. The fourth-order valence-corrected chi connectivity index (χ4v) is 5.04. The Morgan fingerprint density at radius 3 is 2.46 bits per heavy atom. The Morgan fingerprint density at radius 1 is 1.09 bits per heavy atom. The number of carbonyl (C=O) groups excluding carboxylic acids is 1. The maximum absolute atomic E-state index is 13.6. The van der Waals surface area contributed by atoms with Gasteiger partial charge < -0.3 is 18.9 Å². The number of ether oxygens (including phenoxy) is 4. The smallest absolute Gasteiger partial charge is 0.338 e. The summed E-state index contributed by atoms with van der Waals surface area (Å²) in [5.74, 6) is 1.35. The molecule has 2 heterocycles. The molecular weight excluding hydrogens is 468 g/mol. The number of carbonyl (C=O) groups is 1. The largest absolute Gasteiger partial charge is 0.497 e. The maximum atomic E-state index is 13.6. The predicted octanol–water partition coefficient (Wildman–Crippen LogP) is 2.82. The first-order valence-electron chi connectivity index (χ1n) is 11.0. The fraction of sp³-hybridized carbons (Fsp3) is 0.269. The first-order chi connectivity index (χ1) is 16.9. The van der Waals surface area contributed by atoms with Crippen LogP contribution in [0.4, 0.5) is 0 Å². The normalized spacial score (nSPS) is 15.3. The van der Waals surface area contributed by atoms with Crippen LogP contribution in [0.25, 0.3) is 6.08 Å². The molecular formula is C26H26N2O6S. The quantitative estimate of drug-likeness (QED) is 0.470. The van der Waals surface area contributed by atoms with Gasteiger partial charge in [-0.25, -0.2) is 9.79 Å². The van der Waals surface area contributed by atoms with E-state index in [-0.39, 0.29) is 5.56 Å². The van der Waals surface area contributed by atoms with Crippen LogP contribution in [-0.2, 0) is 9.53 Å². The van der Waals surface area contributed by atoms with E-state index in [2.05, 4.69) is 4.99 Å². The molecule has 0 N–H and O–H groups in total. The van der Waals surface area contributed by atoms with Crippen LogP contribution in [0, 0.1) is 0 Å². The summed E-state index contributed by atoms with van der Waals surface area (Å²) in [7, 11) is 4.47. The summed E-state index contributed by atoms with van der Waals surface area (Å²) in [6.45, 7) is 4.16. The lowest BCUT2D eigenvalue weighted by atomic mass is 9.96. The molecule has 0 bridgehead atoms. The molecule has 0 fully saturated rings. The fourth-order valence-electron chi connectivity index (χ4n) is 3.99. The number of thiazole rings is 1. The third kappa shape index (κ3) is 4.59. The number of aromatic nitrogens is 1. The number of rotatable bonds is 7. The molecule has 0 spiro atoms. The molecule has 182 valence electrons. The van der Waals surface area contributed by atoms with Crippen LogP contribution in [0.5, 0.6) is 17.2 Å². The van der Waals surface area contributed by atoms with E-state index >= 15 is 0 Å². The molecule has 2 aromatic carbocycles. The molecule has 3 aromatic rings. The molecule has 0 radical (unpaired) electrons. The summed E-state index contributed by atoms with van der Waals surface area (Å²) in [6.07, 6.45) is 1.78. The van der Waals surface area contributed by atoms with Gasteiger partial charge in [0.15, 0.2) is 16.3 Å². The average Bonchev–Trinajstić information content (AvgIpc) is 3.17. The highest BCUT2D eigenvalue weighted by Gasteiger charge is 2.33. The van der Waals surface area contributed by atoms with Crippen molar-refractivity contribution in [2.75, 3.05) is 27.9 Å². The van der Waals surface area contributed by atoms with Gasteiger partial charge in [0.05, 0.1) is 49.8 Å². The van der Waals surface area contributed by atoms with Gasteiger partial charge in [-0.2, -0.15) is 0 Å². The van der Waals surface area contributed by atoms with Crippen LogP contribution in [0.3, 0.4) is 0 Å². The van der Waals surface area contributed by atoms with Gasteiger partial charge in [-0.15, -0.1) is 0 Å². The second kappa shape index (κ2) is 10.2. The molecule has 1 aromatic heterocycles. The van der Waals surface area contributed by atoms with Crippen molar-refractivity contribution in [3.63, 3.8) is 0 Å². The van der Waals surface area contributed by atoms with Crippen LogP contribution in [0.2, 0.25) is 0 Å². The monoisotopic (exact) mass is 494 g/mol. The van der Waals surface area contributed by atoms with E-state index in [1.54, 1.807) is 43.9 Å². The zero-order valence-electron chi connectivity index (χ0n) is 20.2. The number of hydrogen-bond donors (Lipinski definition) is 0. The van der Waals surface area contributed by atoms with Crippen molar-refractivity contribution in [2.24, 2.45) is 4.99 Å². The van der Waals surface area contributed by atoms with Crippen molar-refractivity contribution in [1.82, 2.24) is 4.57 Å². The Morgan fingerprint density at radius 2 is 1.83 bits per heavy atom. The van der Waals surface area contributed by atoms with E-state index in [1.165, 1.54) is 18.4 Å². The highest BCUT2D eigenvalue weighted by molar-refractivity contribution is 7.07. The van der Waals surface area contributed by atoms with E-state index in [4.69, 9.17) is 18.9 Å². The van der Waals surface area contributed by atoms with Gasteiger partial charge in [0.1, 0.15) is 5.75 Å². The Kier molecular flexibility index (Phi) is 7.07. The van der Waals surface area contributed by atoms with Crippen molar-refractivity contribution in [3.05, 3.63) is 84.5 Å². The van der Waals surface area contributed by atoms with E-state index in [0.29, 0.717) is 44.5 Å². The Balaban J connectivity index is 1.90. The zero-order valence-corrected chi connectivity index (χ0v) is 21.0. The summed E-state index contributed by atoms with van der Waals surface area (Å²) < 4.78 is 23.4. The molecule has 1 aliphatic heterocycles. The summed E-state index contributed by atoms with van der Waals surface area (Å²) in [5, 5.41) is 0. The minimum atomic E-state index is -0.679. The SMILES string of the molecule is CCOc1ccc(C=c2sc3n(c2=O)C(c2ccc(OC)cc2)C(C(=O)OC)=C(C)N=3)cc1OC. The van der Waals surface area contributed by atoms with Crippen LogP contribution in [0.15, 0.2) is 63.5 Å². The molecule has 0 saturated carbocycles. The van der Waals surface area contributed by atoms with Gasteiger partial charge in [-0.05, 0) is 55.3 Å². The summed E-state index contributed by atoms with van der Waals surface area (Å²) in [5.41, 5.74) is 2.10. The lowest BCUT2D eigenvalue weighted by Crippen LogP contribution is -2.39. The van der Waals surface area contributed by atoms with Crippen LogP contribution in [-0.4, -0.2) is 38.5 Å². The predicted molar refractivity (Wildman–Crippen MR) is 133 cm³/mol. The molecule has 0 amide bonds. The number of benzene rings is 2. The number of esters is 1. The number of fused-ring (bicyclic) bond motifs is 1. The Hall–Kier alpha value is -3.85. The van der Waals surface area contributed by atoms with E-state index in [9.17, 15) is 9.59 Å². The molecule has 0 aliphatic carbocycles. The summed E-state index contributed by atoms with van der Waals surface area (Å²) in [6, 6.07) is 12.1. The van der Waals surface area contributed by atoms with Gasteiger partial charge in [-0.1, -0.05) is 29.5 Å². The highest BCUT2D eigenvalue weighted by Crippen LogP contribution is 2.32. The topological polar surface area (TPSA) is 88.4 Å². The minimum absolute atomic E-state index is 0.253. The number of methoxy groups -OCH3 is 3. The maximum Gasteiger partial charge on any atom is 0.338 e. The van der Waals surface area contributed by atoms with Crippen LogP contribution >= 0.6 is 11.3 Å². The van der Waals surface area contributed by atoms with Gasteiger partial charge >= 0.3 is 5.97 Å². The molecule has 0 saturated heterocycles. The minimum Gasteiger partial charge on any atom is -0.497 e. The average molecular weight is 495 g/mol. The lowest BCUT2D eigenvalue weighted by molar-refractivity contribution is -0.136.